The van der Waals surface area contributed by atoms with Crippen LogP contribution in [0, 0.1) is 17.4 Å². The Morgan fingerprint density at radius 2 is 2.26 bits per heavy atom. The summed E-state index contributed by atoms with van der Waals surface area (Å²) in [4.78, 5) is 19.1. The van der Waals surface area contributed by atoms with Crippen LogP contribution in [0.2, 0.25) is 0 Å². The third kappa shape index (κ3) is 3.46. The van der Waals surface area contributed by atoms with Crippen LogP contribution in [0.15, 0.2) is 0 Å². The maximum atomic E-state index is 12.2. The van der Waals surface area contributed by atoms with Crippen molar-refractivity contribution in [1.82, 2.24) is 14.2 Å². The Kier molecular flexibility index (Phi) is 4.27. The van der Waals surface area contributed by atoms with Gasteiger partial charge in [0.2, 0.25) is 15.9 Å². The first kappa shape index (κ1) is 16.2. The van der Waals surface area contributed by atoms with Crippen LogP contribution in [-0.2, 0) is 27.8 Å². The number of nitrogens with one attached hydrogen (secondary N) is 1. The Bertz CT molecular complexity index is 767. The number of aromatic nitrogens is 1. The molecule has 1 aromatic rings. The molecule has 2 aliphatic heterocycles. The molecular weight excluding hydrogens is 338 g/mol. The molecule has 10 heteroatoms. The topological polar surface area (TPSA) is 106 Å². The molecule has 1 unspecified atom stereocenters. The second-order valence-corrected chi connectivity index (χ2v) is 8.82. The molecule has 3 heterocycles. The Morgan fingerprint density at radius 3 is 2.91 bits per heavy atom. The highest BCUT2D eigenvalue weighted by molar-refractivity contribution is 7.88. The molecule has 1 amide bonds. The minimum absolute atomic E-state index is 0.131. The minimum atomic E-state index is -3.22. The van der Waals surface area contributed by atoms with Crippen molar-refractivity contribution in [2.75, 3.05) is 31.2 Å². The molecule has 0 radical (unpaired) electrons. The van der Waals surface area contributed by atoms with E-state index in [1.165, 1.54) is 21.9 Å². The van der Waals surface area contributed by atoms with Crippen LogP contribution in [0.25, 0.3) is 0 Å². The smallest absolute Gasteiger partial charge is 0.231 e. The van der Waals surface area contributed by atoms with Gasteiger partial charge in [0.1, 0.15) is 0 Å². The first-order valence-electron chi connectivity index (χ1n) is 7.26. The summed E-state index contributed by atoms with van der Waals surface area (Å²) in [6, 6.07) is 0. The number of hydrogen-bond acceptors (Lipinski definition) is 7. The van der Waals surface area contributed by atoms with Gasteiger partial charge in [-0.05, 0) is 6.42 Å². The van der Waals surface area contributed by atoms with Crippen molar-refractivity contribution in [2.45, 2.75) is 19.4 Å². The van der Waals surface area contributed by atoms with Gasteiger partial charge < -0.3 is 10.2 Å². The highest BCUT2D eigenvalue weighted by Gasteiger charge is 2.30. The average Bonchev–Trinajstić information content (AvgIpc) is 3.11. The maximum absolute atomic E-state index is 12.2. The van der Waals surface area contributed by atoms with Crippen LogP contribution < -0.4 is 5.32 Å². The Morgan fingerprint density at radius 1 is 1.48 bits per heavy atom. The number of nitrogens with zero attached hydrogens (tertiary/aromatic N) is 4. The molecule has 0 aliphatic carbocycles. The zero-order chi connectivity index (χ0) is 16.6. The van der Waals surface area contributed by atoms with Crippen molar-refractivity contribution in [3.8, 4) is 6.19 Å². The molecule has 1 saturated heterocycles. The zero-order valence-corrected chi connectivity index (χ0v) is 14.3. The van der Waals surface area contributed by atoms with E-state index in [1.54, 1.807) is 4.90 Å². The second-order valence-electron chi connectivity index (χ2n) is 5.76. The lowest BCUT2D eigenvalue weighted by molar-refractivity contribution is -0.119. The van der Waals surface area contributed by atoms with Gasteiger partial charge in [-0.3, -0.25) is 4.79 Å². The van der Waals surface area contributed by atoms with Gasteiger partial charge in [0.15, 0.2) is 11.3 Å². The monoisotopic (exact) mass is 355 g/mol. The van der Waals surface area contributed by atoms with E-state index >= 15 is 0 Å². The first-order valence-corrected chi connectivity index (χ1v) is 9.92. The highest BCUT2D eigenvalue weighted by Crippen LogP contribution is 2.30. The molecule has 2 aliphatic rings. The van der Waals surface area contributed by atoms with Crippen LogP contribution in [-0.4, -0.2) is 54.4 Å². The fourth-order valence-corrected chi connectivity index (χ4v) is 4.68. The summed E-state index contributed by atoms with van der Waals surface area (Å²) in [6.45, 7) is 1.78. The van der Waals surface area contributed by atoms with Gasteiger partial charge in [-0.1, -0.05) is 0 Å². The van der Waals surface area contributed by atoms with Crippen molar-refractivity contribution in [3.05, 3.63) is 10.6 Å². The van der Waals surface area contributed by atoms with Crippen LogP contribution in [0.4, 0.5) is 5.13 Å². The molecular formula is C13H17N5O3S2. The van der Waals surface area contributed by atoms with E-state index < -0.39 is 10.0 Å². The number of fused-ring (bicyclic) bond motifs is 1. The van der Waals surface area contributed by atoms with Crippen molar-refractivity contribution >= 4 is 32.4 Å². The number of carbonyl (C=O) groups excluding carboxylic acids is 1. The number of hydrogen-bond donors (Lipinski definition) is 1. The van der Waals surface area contributed by atoms with E-state index in [1.807, 2.05) is 6.19 Å². The van der Waals surface area contributed by atoms with Gasteiger partial charge in [-0.2, -0.15) is 9.57 Å². The third-order valence-corrected chi connectivity index (χ3v) is 6.34. The summed E-state index contributed by atoms with van der Waals surface area (Å²) in [5, 5.41) is 12.1. The Hall–Kier alpha value is -1.70. The van der Waals surface area contributed by atoms with Gasteiger partial charge >= 0.3 is 0 Å². The zero-order valence-electron chi connectivity index (χ0n) is 12.7. The average molecular weight is 355 g/mol. The van der Waals surface area contributed by atoms with Gasteiger partial charge in [0, 0.05) is 37.5 Å². The predicted molar refractivity (Wildman–Crippen MR) is 85.0 cm³/mol. The van der Waals surface area contributed by atoms with Crippen LogP contribution in [0.5, 0.6) is 0 Å². The quantitative estimate of drug-likeness (QED) is 0.777. The SMILES string of the molecule is CS(=O)(=O)N1CCc2nc(NC(=O)C3CCN(C#N)C3)sc2C1. The largest absolute Gasteiger partial charge is 0.310 e. The Balaban J connectivity index is 1.66. The number of anilines is 1. The third-order valence-electron chi connectivity index (χ3n) is 4.10. The molecule has 0 bridgehead atoms. The van der Waals surface area contributed by atoms with Gasteiger partial charge in [-0.25, -0.2) is 13.4 Å². The van der Waals surface area contributed by atoms with Crippen molar-refractivity contribution in [2.24, 2.45) is 5.92 Å². The summed E-state index contributed by atoms with van der Waals surface area (Å²) in [6.07, 6.45) is 4.46. The van der Waals surface area contributed by atoms with E-state index in [0.717, 1.165) is 10.6 Å². The van der Waals surface area contributed by atoms with E-state index in [9.17, 15) is 13.2 Å². The molecule has 0 spiro atoms. The standard InChI is InChI=1S/C13H17N5O3S2/c1-23(20,21)18-5-3-10-11(7-18)22-13(15-10)16-12(19)9-2-4-17(6-9)8-14/h9H,2-7H2,1H3,(H,15,16,19). The molecule has 1 fully saturated rings. The van der Waals surface area contributed by atoms with E-state index in [2.05, 4.69) is 10.3 Å². The number of nitriles is 1. The molecule has 8 nitrogen and oxygen atoms in total. The summed E-state index contributed by atoms with van der Waals surface area (Å²) in [5.74, 6) is -0.336. The Labute approximate surface area is 138 Å². The van der Waals surface area contributed by atoms with E-state index in [4.69, 9.17) is 5.26 Å². The number of rotatable bonds is 3. The maximum Gasteiger partial charge on any atom is 0.231 e. The second kappa shape index (κ2) is 6.07. The van der Waals surface area contributed by atoms with Crippen molar-refractivity contribution in [3.63, 3.8) is 0 Å². The lowest BCUT2D eigenvalue weighted by atomic mass is 10.1. The number of amides is 1. The fraction of sp³-hybridized carbons (Fsp3) is 0.615. The molecule has 124 valence electrons. The first-order chi connectivity index (χ1) is 10.9. The van der Waals surface area contributed by atoms with Crippen molar-refractivity contribution in [1.29, 1.82) is 5.26 Å². The normalized spacial score (nSPS) is 21.7. The van der Waals surface area contributed by atoms with Gasteiger partial charge in [-0.15, -0.1) is 11.3 Å². The molecule has 3 rings (SSSR count). The molecule has 1 atom stereocenters. The number of likely N-dealkylation sites (tertiary alicyclic amines) is 1. The number of thiazole rings is 1. The lowest BCUT2D eigenvalue weighted by Crippen LogP contribution is -2.34. The molecule has 0 aromatic carbocycles. The van der Waals surface area contributed by atoms with Crippen LogP contribution in [0.3, 0.4) is 0 Å². The summed E-state index contributed by atoms with van der Waals surface area (Å²) in [5.41, 5.74) is 0.857. The van der Waals surface area contributed by atoms with Gasteiger partial charge in [0.05, 0.1) is 17.9 Å². The summed E-state index contributed by atoms with van der Waals surface area (Å²) < 4.78 is 24.7. The van der Waals surface area contributed by atoms with E-state index in [0.29, 0.717) is 44.2 Å². The molecule has 0 saturated carbocycles. The number of carbonyl (C=O) groups is 1. The fourth-order valence-electron chi connectivity index (χ4n) is 2.78. The predicted octanol–water partition coefficient (Wildman–Crippen LogP) is 0.202. The summed E-state index contributed by atoms with van der Waals surface area (Å²) >= 11 is 1.32. The lowest BCUT2D eigenvalue weighted by Gasteiger charge is -2.23. The number of sulfonamides is 1. The van der Waals surface area contributed by atoms with Gasteiger partial charge in [0.25, 0.3) is 0 Å². The van der Waals surface area contributed by atoms with Crippen molar-refractivity contribution < 1.29 is 13.2 Å². The molecule has 1 aromatic heterocycles. The highest BCUT2D eigenvalue weighted by atomic mass is 32.2. The molecule has 23 heavy (non-hydrogen) atoms. The van der Waals surface area contributed by atoms with Crippen LogP contribution >= 0.6 is 11.3 Å². The summed E-state index contributed by atoms with van der Waals surface area (Å²) in [7, 11) is -3.22. The van der Waals surface area contributed by atoms with E-state index in [-0.39, 0.29) is 11.8 Å². The molecule has 1 N–H and O–H groups in total. The van der Waals surface area contributed by atoms with Crippen LogP contribution in [0.1, 0.15) is 17.0 Å². The minimum Gasteiger partial charge on any atom is -0.310 e.